The van der Waals surface area contributed by atoms with Crippen LogP contribution in [0.4, 0.5) is 11.5 Å². The Morgan fingerprint density at radius 3 is 2.63 bits per heavy atom. The maximum absolute atomic E-state index is 11.6. The minimum atomic E-state index is 0. The molecule has 2 aliphatic rings. The SMILES string of the molecule is Cl.O=C(Nc1ccc(N2CCNCC2)cn1)C1CC1. The quantitative estimate of drug-likeness (QED) is 0.876. The van der Waals surface area contributed by atoms with Crippen LogP contribution in [0.25, 0.3) is 0 Å². The Kier molecular flexibility index (Phi) is 4.61. The van der Waals surface area contributed by atoms with E-state index in [-0.39, 0.29) is 24.2 Å². The van der Waals surface area contributed by atoms with Crippen molar-refractivity contribution < 1.29 is 4.79 Å². The fourth-order valence-electron chi connectivity index (χ4n) is 2.14. The third kappa shape index (κ3) is 3.58. The van der Waals surface area contributed by atoms with Gasteiger partial charge in [0.25, 0.3) is 0 Å². The van der Waals surface area contributed by atoms with E-state index in [0.717, 1.165) is 44.7 Å². The third-order valence-corrected chi connectivity index (χ3v) is 3.43. The summed E-state index contributed by atoms with van der Waals surface area (Å²) in [5.41, 5.74) is 1.13. The van der Waals surface area contributed by atoms with Gasteiger partial charge in [0.15, 0.2) is 0 Å². The second-order valence-electron chi connectivity index (χ2n) is 4.90. The lowest BCUT2D eigenvalue weighted by atomic mass is 10.3. The van der Waals surface area contributed by atoms with E-state index in [1.54, 1.807) is 0 Å². The van der Waals surface area contributed by atoms with Crippen molar-refractivity contribution in [2.45, 2.75) is 12.8 Å². The van der Waals surface area contributed by atoms with Crippen molar-refractivity contribution in [3.8, 4) is 0 Å². The van der Waals surface area contributed by atoms with Gasteiger partial charge in [-0.25, -0.2) is 4.98 Å². The summed E-state index contributed by atoms with van der Waals surface area (Å²) in [5, 5.41) is 6.18. The fourth-order valence-corrected chi connectivity index (χ4v) is 2.14. The molecule has 5 nitrogen and oxygen atoms in total. The van der Waals surface area contributed by atoms with E-state index in [0.29, 0.717) is 5.82 Å². The first-order valence-corrected chi connectivity index (χ1v) is 6.55. The topological polar surface area (TPSA) is 57.3 Å². The highest BCUT2D eigenvalue weighted by Gasteiger charge is 2.29. The van der Waals surface area contributed by atoms with Crippen molar-refractivity contribution >= 4 is 29.8 Å². The molecule has 1 aromatic heterocycles. The van der Waals surface area contributed by atoms with Crippen molar-refractivity contribution in [3.05, 3.63) is 18.3 Å². The van der Waals surface area contributed by atoms with E-state index in [2.05, 4.69) is 20.5 Å². The van der Waals surface area contributed by atoms with Gasteiger partial charge in [-0.15, -0.1) is 12.4 Å². The van der Waals surface area contributed by atoms with Crippen LogP contribution in [-0.2, 0) is 4.79 Å². The number of amides is 1. The van der Waals surface area contributed by atoms with Gasteiger partial charge in [-0.05, 0) is 25.0 Å². The van der Waals surface area contributed by atoms with E-state index in [1.807, 2.05) is 18.3 Å². The molecule has 0 aromatic carbocycles. The molecule has 6 heteroatoms. The molecule has 2 N–H and O–H groups in total. The van der Waals surface area contributed by atoms with E-state index in [4.69, 9.17) is 0 Å². The van der Waals surface area contributed by atoms with Crippen molar-refractivity contribution in [3.63, 3.8) is 0 Å². The molecule has 0 bridgehead atoms. The molecule has 0 unspecified atom stereocenters. The number of nitrogens with one attached hydrogen (secondary N) is 2. The fraction of sp³-hybridized carbons (Fsp3) is 0.538. The first kappa shape index (κ1) is 14.1. The Balaban J connectivity index is 0.00000133. The molecule has 1 aliphatic carbocycles. The number of halogens is 1. The maximum atomic E-state index is 11.6. The molecule has 1 saturated carbocycles. The molecule has 0 spiro atoms. The van der Waals surface area contributed by atoms with Crippen LogP contribution in [0.2, 0.25) is 0 Å². The molecular weight excluding hydrogens is 264 g/mol. The first-order chi connectivity index (χ1) is 8.83. The number of piperazine rings is 1. The van der Waals surface area contributed by atoms with Crippen LogP contribution in [0.3, 0.4) is 0 Å². The minimum absolute atomic E-state index is 0. The minimum Gasteiger partial charge on any atom is -0.368 e. The number of hydrogen-bond acceptors (Lipinski definition) is 4. The summed E-state index contributed by atoms with van der Waals surface area (Å²) in [6.07, 6.45) is 3.88. The lowest BCUT2D eigenvalue weighted by Crippen LogP contribution is -2.43. The van der Waals surface area contributed by atoms with Crippen LogP contribution in [-0.4, -0.2) is 37.1 Å². The van der Waals surface area contributed by atoms with Gasteiger partial charge in [-0.1, -0.05) is 0 Å². The lowest BCUT2D eigenvalue weighted by Gasteiger charge is -2.29. The molecule has 0 atom stereocenters. The zero-order chi connectivity index (χ0) is 12.4. The molecule has 19 heavy (non-hydrogen) atoms. The summed E-state index contributed by atoms with van der Waals surface area (Å²) in [5.74, 6) is 0.989. The highest BCUT2D eigenvalue weighted by Crippen LogP contribution is 2.30. The van der Waals surface area contributed by atoms with Gasteiger partial charge in [0.1, 0.15) is 5.82 Å². The number of rotatable bonds is 3. The van der Waals surface area contributed by atoms with Crippen molar-refractivity contribution in [2.24, 2.45) is 5.92 Å². The zero-order valence-corrected chi connectivity index (χ0v) is 11.6. The summed E-state index contributed by atoms with van der Waals surface area (Å²) in [4.78, 5) is 18.2. The van der Waals surface area contributed by atoms with Crippen LogP contribution in [0.15, 0.2) is 18.3 Å². The normalized spacial score (nSPS) is 18.6. The Labute approximate surface area is 119 Å². The Hall–Kier alpha value is -1.33. The number of carbonyl (C=O) groups is 1. The predicted octanol–water partition coefficient (Wildman–Crippen LogP) is 1.26. The van der Waals surface area contributed by atoms with Crippen molar-refractivity contribution in [1.82, 2.24) is 10.3 Å². The molecular formula is C13H19ClN4O. The molecule has 1 saturated heterocycles. The second kappa shape index (κ2) is 6.21. The largest absolute Gasteiger partial charge is 0.368 e. The predicted molar refractivity (Wildman–Crippen MR) is 77.9 cm³/mol. The molecule has 3 rings (SSSR count). The number of anilines is 2. The molecule has 0 radical (unpaired) electrons. The van der Waals surface area contributed by atoms with E-state index in [1.165, 1.54) is 0 Å². The standard InChI is InChI=1S/C13H18N4O.ClH/c18-13(10-1-2-10)16-12-4-3-11(9-15-12)17-7-5-14-6-8-17;/h3-4,9-10,14H,1-2,5-8H2,(H,15,16,18);1H. The summed E-state index contributed by atoms with van der Waals surface area (Å²) < 4.78 is 0. The monoisotopic (exact) mass is 282 g/mol. The van der Waals surface area contributed by atoms with E-state index in [9.17, 15) is 4.79 Å². The number of pyridine rings is 1. The van der Waals surface area contributed by atoms with Crippen LogP contribution in [0.5, 0.6) is 0 Å². The number of aromatic nitrogens is 1. The second-order valence-corrected chi connectivity index (χ2v) is 4.90. The molecule has 1 aromatic rings. The number of nitrogens with zero attached hydrogens (tertiary/aromatic N) is 2. The average molecular weight is 283 g/mol. The molecule has 104 valence electrons. The van der Waals surface area contributed by atoms with Crippen molar-refractivity contribution in [2.75, 3.05) is 36.4 Å². The maximum Gasteiger partial charge on any atom is 0.228 e. The Bertz CT molecular complexity index is 427. The summed E-state index contributed by atoms with van der Waals surface area (Å²) in [6.45, 7) is 4.05. The molecule has 2 fully saturated rings. The van der Waals surface area contributed by atoms with Gasteiger partial charge in [-0.3, -0.25) is 4.79 Å². The average Bonchev–Trinajstić information content (AvgIpc) is 3.25. The lowest BCUT2D eigenvalue weighted by molar-refractivity contribution is -0.117. The number of hydrogen-bond donors (Lipinski definition) is 2. The van der Waals surface area contributed by atoms with E-state index < -0.39 is 0 Å². The van der Waals surface area contributed by atoms with E-state index >= 15 is 0 Å². The van der Waals surface area contributed by atoms with Gasteiger partial charge >= 0.3 is 0 Å². The van der Waals surface area contributed by atoms with Gasteiger partial charge < -0.3 is 15.5 Å². The Morgan fingerprint density at radius 2 is 2.05 bits per heavy atom. The number of carbonyl (C=O) groups excluding carboxylic acids is 1. The van der Waals surface area contributed by atoms with Crippen LogP contribution >= 0.6 is 12.4 Å². The van der Waals surface area contributed by atoms with Gasteiger partial charge in [-0.2, -0.15) is 0 Å². The highest BCUT2D eigenvalue weighted by molar-refractivity contribution is 5.93. The van der Waals surface area contributed by atoms with Crippen LogP contribution < -0.4 is 15.5 Å². The summed E-state index contributed by atoms with van der Waals surface area (Å²) in [7, 11) is 0. The smallest absolute Gasteiger partial charge is 0.228 e. The van der Waals surface area contributed by atoms with Crippen LogP contribution in [0.1, 0.15) is 12.8 Å². The van der Waals surface area contributed by atoms with Gasteiger partial charge in [0.2, 0.25) is 5.91 Å². The first-order valence-electron chi connectivity index (χ1n) is 6.55. The molecule has 2 heterocycles. The highest BCUT2D eigenvalue weighted by atomic mass is 35.5. The zero-order valence-electron chi connectivity index (χ0n) is 10.8. The molecule has 1 aliphatic heterocycles. The molecule has 1 amide bonds. The van der Waals surface area contributed by atoms with Gasteiger partial charge in [0.05, 0.1) is 11.9 Å². The third-order valence-electron chi connectivity index (χ3n) is 3.43. The Morgan fingerprint density at radius 1 is 1.32 bits per heavy atom. The summed E-state index contributed by atoms with van der Waals surface area (Å²) in [6, 6.07) is 3.92. The summed E-state index contributed by atoms with van der Waals surface area (Å²) >= 11 is 0. The van der Waals surface area contributed by atoms with Crippen LogP contribution in [0, 0.1) is 5.92 Å². The van der Waals surface area contributed by atoms with Crippen molar-refractivity contribution in [1.29, 1.82) is 0 Å². The van der Waals surface area contributed by atoms with Gasteiger partial charge in [0, 0.05) is 32.1 Å².